The van der Waals surface area contributed by atoms with E-state index < -0.39 is 12.0 Å². The zero-order valence-electron chi connectivity index (χ0n) is 19.0. The summed E-state index contributed by atoms with van der Waals surface area (Å²) in [7, 11) is 0. The predicted octanol–water partition coefficient (Wildman–Crippen LogP) is 5.66. The molecule has 0 aliphatic heterocycles. The maximum Gasteiger partial charge on any atom is 0.482 e. The van der Waals surface area contributed by atoms with Gasteiger partial charge >= 0.3 is 12.0 Å². The lowest BCUT2D eigenvalue weighted by molar-refractivity contribution is -0.187. The zero-order chi connectivity index (χ0) is 25.8. The Morgan fingerprint density at radius 3 is 2.62 bits per heavy atom. The molecule has 2 aromatic carbocycles. The first-order valence-electron chi connectivity index (χ1n) is 11.0. The summed E-state index contributed by atoms with van der Waals surface area (Å²) in [6.45, 7) is -0.0281. The Kier molecular flexibility index (Phi) is 6.65. The number of halogens is 3. The minimum absolute atomic E-state index is 0.0281. The number of pyridine rings is 1. The summed E-state index contributed by atoms with van der Waals surface area (Å²) in [5.74, 6) is -1.01. The summed E-state index contributed by atoms with van der Waals surface area (Å²) in [5.41, 5.74) is 1.20. The number of nitrogens with one attached hydrogen (secondary N) is 1. The molecule has 11 heteroatoms. The minimum atomic E-state index is -4.10. The van der Waals surface area contributed by atoms with E-state index in [1.54, 1.807) is 22.8 Å². The van der Waals surface area contributed by atoms with Gasteiger partial charge in [-0.1, -0.05) is 54.1 Å². The van der Waals surface area contributed by atoms with Crippen molar-refractivity contribution in [1.82, 2.24) is 19.5 Å². The van der Waals surface area contributed by atoms with Crippen molar-refractivity contribution in [3.63, 3.8) is 0 Å². The molecule has 0 unspecified atom stereocenters. The Balaban J connectivity index is 1.33. The molecule has 0 atom stereocenters. The van der Waals surface area contributed by atoms with Crippen molar-refractivity contribution >= 4 is 34.2 Å². The first-order valence-corrected chi connectivity index (χ1v) is 11.4. The highest BCUT2D eigenvalue weighted by molar-refractivity contribution is 6.32. The average molecular weight is 522 g/mol. The lowest BCUT2D eigenvalue weighted by atomic mass is 10.2. The van der Waals surface area contributed by atoms with Crippen LogP contribution in [0, 0.1) is 0 Å². The second-order valence-electron chi connectivity index (χ2n) is 7.76. The predicted molar refractivity (Wildman–Crippen MR) is 133 cm³/mol. The summed E-state index contributed by atoms with van der Waals surface area (Å²) < 4.78 is 40.9. The molecular formula is C26H18ClF2N5O3. The number of alkyl halides is 2. The quantitative estimate of drug-likeness (QED) is 0.283. The van der Waals surface area contributed by atoms with E-state index in [1.165, 1.54) is 42.9 Å². The maximum atomic E-state index is 14.3. The molecule has 0 saturated carbocycles. The molecule has 0 bridgehead atoms. The van der Waals surface area contributed by atoms with Gasteiger partial charge in [-0.3, -0.25) is 9.36 Å². The number of nitrogens with zero attached hydrogens (tertiary/aromatic N) is 4. The zero-order valence-corrected chi connectivity index (χ0v) is 19.8. The molecule has 0 fully saturated rings. The summed E-state index contributed by atoms with van der Waals surface area (Å²) >= 11 is 6.34. The molecule has 8 nitrogen and oxygen atoms in total. The summed E-state index contributed by atoms with van der Waals surface area (Å²) in [6.07, 6.45) is -1.24. The van der Waals surface area contributed by atoms with Crippen LogP contribution >= 0.6 is 11.6 Å². The van der Waals surface area contributed by atoms with Crippen LogP contribution in [0.1, 0.15) is 5.69 Å². The number of carbonyl (C=O) groups is 1. The van der Waals surface area contributed by atoms with Gasteiger partial charge in [-0.05, 0) is 30.3 Å². The largest absolute Gasteiger partial charge is 0.482 e. The second kappa shape index (κ2) is 10.2. The SMILES string of the molecule is O=C(Nc1cccc(COc2cc3ccccc3n2-c2ncncc2Cl)n1)C(F)(F)Oc1ccccc1. The van der Waals surface area contributed by atoms with Crippen molar-refractivity contribution in [2.45, 2.75) is 12.7 Å². The van der Waals surface area contributed by atoms with Gasteiger partial charge in [0.2, 0.25) is 5.88 Å². The van der Waals surface area contributed by atoms with Crippen molar-refractivity contribution in [1.29, 1.82) is 0 Å². The number of carbonyl (C=O) groups excluding carboxylic acids is 1. The van der Waals surface area contributed by atoms with E-state index in [1.807, 2.05) is 30.3 Å². The molecule has 186 valence electrons. The normalized spacial score (nSPS) is 11.3. The van der Waals surface area contributed by atoms with Crippen LogP contribution in [0.2, 0.25) is 5.02 Å². The third-order valence-electron chi connectivity index (χ3n) is 5.21. The van der Waals surface area contributed by atoms with E-state index in [4.69, 9.17) is 16.3 Å². The van der Waals surface area contributed by atoms with Crippen LogP contribution in [0.15, 0.2) is 91.4 Å². The van der Waals surface area contributed by atoms with Gasteiger partial charge in [0.05, 0.1) is 17.4 Å². The van der Waals surface area contributed by atoms with Gasteiger partial charge in [-0.2, -0.15) is 8.78 Å². The molecule has 3 heterocycles. The molecule has 0 spiro atoms. The molecule has 0 radical (unpaired) electrons. The van der Waals surface area contributed by atoms with Crippen LogP contribution in [-0.2, 0) is 11.4 Å². The number of anilines is 1. The van der Waals surface area contributed by atoms with Gasteiger partial charge in [0.25, 0.3) is 0 Å². The fourth-order valence-electron chi connectivity index (χ4n) is 3.57. The Labute approximate surface area is 214 Å². The first kappa shape index (κ1) is 24.1. The highest BCUT2D eigenvalue weighted by Crippen LogP contribution is 2.32. The van der Waals surface area contributed by atoms with Gasteiger partial charge in [-0.15, -0.1) is 0 Å². The summed E-state index contributed by atoms with van der Waals surface area (Å²) in [4.78, 5) is 24.6. The van der Waals surface area contributed by atoms with Crippen LogP contribution in [0.4, 0.5) is 14.6 Å². The van der Waals surface area contributed by atoms with Crippen molar-refractivity contribution in [2.75, 3.05) is 5.32 Å². The van der Waals surface area contributed by atoms with Gasteiger partial charge in [-0.25, -0.2) is 15.0 Å². The number of amides is 1. The van der Waals surface area contributed by atoms with Crippen LogP contribution in [0.5, 0.6) is 11.6 Å². The molecule has 1 N–H and O–H groups in total. The molecule has 5 aromatic rings. The molecule has 5 rings (SSSR count). The Morgan fingerprint density at radius 1 is 1.03 bits per heavy atom. The fourth-order valence-corrected chi connectivity index (χ4v) is 3.76. The lowest BCUT2D eigenvalue weighted by Crippen LogP contribution is -2.40. The number of fused-ring (bicyclic) bond motifs is 1. The van der Waals surface area contributed by atoms with Gasteiger partial charge in [0.15, 0.2) is 5.82 Å². The van der Waals surface area contributed by atoms with E-state index in [0.717, 1.165) is 10.9 Å². The number of rotatable bonds is 8. The lowest BCUT2D eigenvalue weighted by Gasteiger charge is -2.17. The van der Waals surface area contributed by atoms with Gasteiger partial charge in [0, 0.05) is 11.5 Å². The molecule has 1 amide bonds. The third-order valence-corrected chi connectivity index (χ3v) is 5.47. The third kappa shape index (κ3) is 5.34. The van der Waals surface area contributed by atoms with Crippen molar-refractivity contribution < 1.29 is 23.0 Å². The Hall–Kier alpha value is -4.57. The van der Waals surface area contributed by atoms with E-state index in [9.17, 15) is 13.6 Å². The summed E-state index contributed by atoms with van der Waals surface area (Å²) in [5, 5.41) is 3.31. The Bertz CT molecular complexity index is 1560. The number of ether oxygens (including phenoxy) is 2. The average Bonchev–Trinajstić information content (AvgIpc) is 3.26. The second-order valence-corrected chi connectivity index (χ2v) is 8.17. The maximum absolute atomic E-state index is 14.3. The number of para-hydroxylation sites is 2. The van der Waals surface area contributed by atoms with Gasteiger partial charge < -0.3 is 14.8 Å². The van der Waals surface area contributed by atoms with E-state index >= 15 is 0 Å². The monoisotopic (exact) mass is 521 g/mol. The standard InChI is InChI=1S/C26H18ClF2N5O3/c27-20-14-30-16-31-24(20)34-21-11-5-4-7-17(21)13-23(34)36-15-18-8-6-12-22(32-18)33-25(35)26(28,29)37-19-9-2-1-3-10-19/h1-14,16H,15H2,(H,32,33,35). The van der Waals surface area contributed by atoms with Crippen LogP contribution in [0.25, 0.3) is 16.7 Å². The van der Waals surface area contributed by atoms with Crippen molar-refractivity contribution in [3.05, 3.63) is 102 Å². The number of hydrogen-bond acceptors (Lipinski definition) is 6. The highest BCUT2D eigenvalue weighted by Gasteiger charge is 2.42. The molecule has 0 aliphatic rings. The number of hydrogen-bond donors (Lipinski definition) is 1. The highest BCUT2D eigenvalue weighted by atomic mass is 35.5. The van der Waals surface area contributed by atoms with E-state index in [2.05, 4.69) is 25.0 Å². The molecule has 0 saturated heterocycles. The number of aromatic nitrogens is 4. The summed E-state index contributed by atoms with van der Waals surface area (Å²) in [6, 6.07) is 21.3. The fraction of sp³-hybridized carbons (Fsp3) is 0.0769. The van der Waals surface area contributed by atoms with Crippen molar-refractivity contribution in [2.24, 2.45) is 0 Å². The Morgan fingerprint density at radius 2 is 1.81 bits per heavy atom. The molecular weight excluding hydrogens is 504 g/mol. The molecule has 37 heavy (non-hydrogen) atoms. The first-order chi connectivity index (χ1) is 17.9. The van der Waals surface area contributed by atoms with Gasteiger partial charge in [0.1, 0.15) is 29.5 Å². The molecule has 3 aromatic heterocycles. The van der Waals surface area contributed by atoms with E-state index in [0.29, 0.717) is 22.4 Å². The van der Waals surface area contributed by atoms with Crippen molar-refractivity contribution in [3.8, 4) is 17.4 Å². The smallest absolute Gasteiger partial charge is 0.472 e. The van der Waals surface area contributed by atoms with Crippen LogP contribution in [0.3, 0.4) is 0 Å². The topological polar surface area (TPSA) is 91.2 Å². The van der Waals surface area contributed by atoms with Crippen LogP contribution in [-0.4, -0.2) is 31.5 Å². The molecule has 0 aliphatic carbocycles. The van der Waals surface area contributed by atoms with E-state index in [-0.39, 0.29) is 18.2 Å². The number of benzene rings is 2. The minimum Gasteiger partial charge on any atom is -0.472 e. The van der Waals surface area contributed by atoms with Crippen LogP contribution < -0.4 is 14.8 Å².